The number of aryl methyl sites for hydroxylation is 1. The van der Waals surface area contributed by atoms with E-state index in [0.29, 0.717) is 6.04 Å². The van der Waals surface area contributed by atoms with E-state index in [4.69, 9.17) is 4.74 Å². The van der Waals surface area contributed by atoms with E-state index >= 15 is 0 Å². The van der Waals surface area contributed by atoms with Gasteiger partial charge in [0.2, 0.25) is 0 Å². The topological polar surface area (TPSA) is 32.7 Å². The predicted octanol–water partition coefficient (Wildman–Crippen LogP) is 2.39. The van der Waals surface area contributed by atoms with Gasteiger partial charge >= 0.3 is 0 Å². The fourth-order valence-corrected chi connectivity index (χ4v) is 2.87. The Morgan fingerprint density at radius 1 is 1.32 bits per heavy atom. The van der Waals surface area contributed by atoms with Gasteiger partial charge in [-0.3, -0.25) is 4.90 Å². The van der Waals surface area contributed by atoms with Crippen LogP contribution in [0.25, 0.3) is 0 Å². The maximum absolute atomic E-state index is 9.27. The Hall–Kier alpha value is -0.900. The number of aliphatic hydroxyl groups excluding tert-OH is 1. The second-order valence-electron chi connectivity index (χ2n) is 5.43. The van der Waals surface area contributed by atoms with Gasteiger partial charge in [0.05, 0.1) is 19.3 Å². The monoisotopic (exact) mass is 263 g/mol. The van der Waals surface area contributed by atoms with Crippen LogP contribution in [0.15, 0.2) is 24.3 Å². The van der Waals surface area contributed by atoms with Crippen molar-refractivity contribution >= 4 is 0 Å². The number of fused-ring (bicyclic) bond motifs is 1. The molecule has 19 heavy (non-hydrogen) atoms. The molecule has 1 aliphatic rings. The van der Waals surface area contributed by atoms with Gasteiger partial charge in [-0.25, -0.2) is 0 Å². The highest BCUT2D eigenvalue weighted by Crippen LogP contribution is 2.35. The minimum atomic E-state index is 0.209. The van der Waals surface area contributed by atoms with E-state index in [1.807, 2.05) is 0 Å². The smallest absolute Gasteiger partial charge is 0.0597 e. The zero-order chi connectivity index (χ0) is 13.7. The van der Waals surface area contributed by atoms with Crippen molar-refractivity contribution in [3.63, 3.8) is 0 Å². The number of benzene rings is 1. The largest absolute Gasteiger partial charge is 0.395 e. The highest BCUT2D eigenvalue weighted by atomic mass is 16.5. The summed E-state index contributed by atoms with van der Waals surface area (Å²) in [6.45, 7) is 6.66. The van der Waals surface area contributed by atoms with Crippen molar-refractivity contribution in [2.75, 3.05) is 26.3 Å². The van der Waals surface area contributed by atoms with Crippen molar-refractivity contribution in [3.05, 3.63) is 35.4 Å². The summed E-state index contributed by atoms with van der Waals surface area (Å²) in [5, 5.41) is 9.27. The molecule has 0 aromatic heterocycles. The average Bonchev–Trinajstić information content (AvgIpc) is 2.81. The molecular weight excluding hydrogens is 238 g/mol. The molecule has 2 rings (SSSR count). The molecule has 1 aromatic rings. The lowest BCUT2D eigenvalue weighted by Crippen LogP contribution is -2.34. The van der Waals surface area contributed by atoms with E-state index in [1.54, 1.807) is 0 Å². The number of hydrogen-bond donors (Lipinski definition) is 1. The van der Waals surface area contributed by atoms with Crippen LogP contribution in [-0.4, -0.2) is 42.4 Å². The van der Waals surface area contributed by atoms with E-state index in [-0.39, 0.29) is 12.7 Å². The highest BCUT2D eigenvalue weighted by Gasteiger charge is 2.26. The van der Waals surface area contributed by atoms with Crippen LogP contribution in [0.3, 0.4) is 0 Å². The summed E-state index contributed by atoms with van der Waals surface area (Å²) in [7, 11) is 0. The first-order valence-corrected chi connectivity index (χ1v) is 7.26. The summed E-state index contributed by atoms with van der Waals surface area (Å²) in [4.78, 5) is 2.36. The molecule has 1 aliphatic carbocycles. The highest BCUT2D eigenvalue weighted by molar-refractivity contribution is 5.34. The fraction of sp³-hybridized carbons (Fsp3) is 0.625. The number of nitrogens with zero attached hydrogens (tertiary/aromatic N) is 1. The van der Waals surface area contributed by atoms with E-state index < -0.39 is 0 Å². The van der Waals surface area contributed by atoms with E-state index in [0.717, 1.165) is 32.5 Å². The number of hydrogen-bond acceptors (Lipinski definition) is 3. The molecule has 1 aromatic carbocycles. The molecule has 1 unspecified atom stereocenters. The van der Waals surface area contributed by atoms with Crippen LogP contribution in [0, 0.1) is 0 Å². The Labute approximate surface area is 116 Å². The van der Waals surface area contributed by atoms with Gasteiger partial charge in [-0.15, -0.1) is 0 Å². The second-order valence-corrected chi connectivity index (χ2v) is 5.43. The minimum Gasteiger partial charge on any atom is -0.395 e. The molecule has 0 bridgehead atoms. The minimum absolute atomic E-state index is 0.209. The number of ether oxygens (including phenoxy) is 1. The molecule has 0 amide bonds. The number of rotatable bonds is 7. The van der Waals surface area contributed by atoms with Crippen molar-refractivity contribution in [2.45, 2.75) is 38.8 Å². The van der Waals surface area contributed by atoms with Crippen molar-refractivity contribution < 1.29 is 9.84 Å². The Bertz CT molecular complexity index is 392. The molecule has 106 valence electrons. The summed E-state index contributed by atoms with van der Waals surface area (Å²) in [6.07, 6.45) is 2.57. The normalized spacial score (nSPS) is 18.3. The van der Waals surface area contributed by atoms with Gasteiger partial charge in [-0.2, -0.15) is 0 Å². The van der Waals surface area contributed by atoms with Gasteiger partial charge in [-0.1, -0.05) is 24.3 Å². The van der Waals surface area contributed by atoms with Gasteiger partial charge in [0, 0.05) is 19.1 Å². The first-order chi connectivity index (χ1) is 9.22. The van der Waals surface area contributed by atoms with E-state index in [2.05, 4.69) is 43.0 Å². The standard InChI is InChI=1S/C16H25NO2/c1-13(2)19-12-10-17(9-11-18)16-8-7-14-5-3-4-6-15(14)16/h3-6,13,16,18H,7-12H2,1-2H3. The quantitative estimate of drug-likeness (QED) is 0.820. The molecular formula is C16H25NO2. The van der Waals surface area contributed by atoms with Gasteiger partial charge in [0.25, 0.3) is 0 Å². The van der Waals surface area contributed by atoms with Crippen molar-refractivity contribution in [3.8, 4) is 0 Å². The van der Waals surface area contributed by atoms with Crippen LogP contribution >= 0.6 is 0 Å². The first-order valence-electron chi connectivity index (χ1n) is 7.26. The maximum atomic E-state index is 9.27. The lowest BCUT2D eigenvalue weighted by molar-refractivity contribution is 0.0432. The summed E-state index contributed by atoms with van der Waals surface area (Å²) >= 11 is 0. The van der Waals surface area contributed by atoms with Crippen LogP contribution in [0.2, 0.25) is 0 Å². The first kappa shape index (κ1) is 14.5. The van der Waals surface area contributed by atoms with Crippen LogP contribution < -0.4 is 0 Å². The summed E-state index contributed by atoms with van der Waals surface area (Å²) in [5.74, 6) is 0. The molecule has 0 heterocycles. The molecule has 0 saturated carbocycles. The Balaban J connectivity index is 1.99. The fourth-order valence-electron chi connectivity index (χ4n) is 2.87. The molecule has 0 spiro atoms. The van der Waals surface area contributed by atoms with Crippen molar-refractivity contribution in [1.82, 2.24) is 4.90 Å². The molecule has 3 heteroatoms. The van der Waals surface area contributed by atoms with Crippen LogP contribution in [0.4, 0.5) is 0 Å². The van der Waals surface area contributed by atoms with Crippen LogP contribution in [0.1, 0.15) is 37.4 Å². The maximum Gasteiger partial charge on any atom is 0.0597 e. The molecule has 0 fully saturated rings. The third kappa shape index (κ3) is 3.78. The zero-order valence-corrected chi connectivity index (χ0v) is 12.0. The molecule has 1 N–H and O–H groups in total. The van der Waals surface area contributed by atoms with Crippen molar-refractivity contribution in [2.24, 2.45) is 0 Å². The van der Waals surface area contributed by atoms with Crippen LogP contribution in [-0.2, 0) is 11.2 Å². The summed E-state index contributed by atoms with van der Waals surface area (Å²) in [5.41, 5.74) is 2.89. The molecule has 3 nitrogen and oxygen atoms in total. The molecule has 0 radical (unpaired) electrons. The second kappa shape index (κ2) is 7.04. The Kier molecular flexibility index (Phi) is 5.37. The number of aliphatic hydroxyl groups is 1. The Morgan fingerprint density at radius 3 is 2.84 bits per heavy atom. The van der Waals surface area contributed by atoms with Gasteiger partial charge in [-0.05, 0) is 37.8 Å². The average molecular weight is 263 g/mol. The van der Waals surface area contributed by atoms with Gasteiger partial charge in [0.1, 0.15) is 0 Å². The Morgan fingerprint density at radius 2 is 2.11 bits per heavy atom. The lowest BCUT2D eigenvalue weighted by atomic mass is 10.1. The van der Waals surface area contributed by atoms with E-state index in [9.17, 15) is 5.11 Å². The van der Waals surface area contributed by atoms with E-state index in [1.165, 1.54) is 11.1 Å². The molecule has 0 aliphatic heterocycles. The summed E-state index contributed by atoms with van der Waals surface area (Å²) in [6, 6.07) is 9.11. The predicted molar refractivity (Wildman–Crippen MR) is 77.3 cm³/mol. The lowest BCUT2D eigenvalue weighted by Gasteiger charge is -2.29. The SMILES string of the molecule is CC(C)OCCN(CCO)C1CCc2ccccc21. The zero-order valence-electron chi connectivity index (χ0n) is 12.0. The van der Waals surface area contributed by atoms with Crippen molar-refractivity contribution in [1.29, 1.82) is 0 Å². The molecule has 0 saturated heterocycles. The third-order valence-electron chi connectivity index (χ3n) is 3.76. The van der Waals surface area contributed by atoms with Gasteiger partial charge in [0.15, 0.2) is 0 Å². The van der Waals surface area contributed by atoms with Crippen LogP contribution in [0.5, 0.6) is 0 Å². The third-order valence-corrected chi connectivity index (χ3v) is 3.76. The summed E-state index contributed by atoms with van der Waals surface area (Å²) < 4.78 is 5.64. The molecule has 1 atom stereocenters. The van der Waals surface area contributed by atoms with Gasteiger partial charge < -0.3 is 9.84 Å².